The zero-order valence-corrected chi connectivity index (χ0v) is 32.7. The quantitative estimate of drug-likeness (QED) is 0.173. The Hall–Kier alpha value is -8.09. The standard InChI is InChI=1S/C55H34N4O2/c1-2-12-40(13-3-1)59-47-16-8-6-14-41(47)44-29-35(21-25-48(44)59)36-20-24-43-46-31-39(23-27-51(46)61-52(43)32-36)55-57-53(37-19-18-33-10-4-5-11-34(33)28-37)56-54(58-55)38-22-26-50-45(30-38)42-15-7-9-17-49(42)60-50/h1-32,44,48H. The molecule has 8 aromatic carbocycles. The van der Waals surface area contributed by atoms with Crippen LogP contribution in [-0.4, -0.2) is 21.0 Å². The molecule has 2 unspecified atom stereocenters. The van der Waals surface area contributed by atoms with E-state index in [4.69, 9.17) is 23.8 Å². The fraction of sp³-hybridized carbons (Fsp3) is 0.0364. The van der Waals surface area contributed by atoms with Gasteiger partial charge in [-0.1, -0.05) is 115 Å². The van der Waals surface area contributed by atoms with Crippen molar-refractivity contribution >= 4 is 71.6 Å². The highest BCUT2D eigenvalue weighted by molar-refractivity contribution is 6.08. The molecule has 0 bridgehead atoms. The predicted octanol–water partition coefficient (Wildman–Crippen LogP) is 14.1. The molecule has 0 radical (unpaired) electrons. The van der Waals surface area contributed by atoms with Gasteiger partial charge in [0, 0.05) is 55.5 Å². The van der Waals surface area contributed by atoms with Gasteiger partial charge in [-0.25, -0.2) is 15.0 Å². The number of para-hydroxylation sites is 3. The van der Waals surface area contributed by atoms with Crippen LogP contribution in [0, 0.1) is 0 Å². The topological polar surface area (TPSA) is 68.2 Å². The highest BCUT2D eigenvalue weighted by Crippen LogP contribution is 2.49. The molecule has 286 valence electrons. The van der Waals surface area contributed by atoms with Gasteiger partial charge in [0.05, 0.1) is 6.04 Å². The summed E-state index contributed by atoms with van der Waals surface area (Å²) >= 11 is 0. The van der Waals surface area contributed by atoms with Crippen molar-refractivity contribution in [3.8, 4) is 34.2 Å². The van der Waals surface area contributed by atoms with Gasteiger partial charge in [-0.05, 0) is 106 Å². The van der Waals surface area contributed by atoms with E-state index in [-0.39, 0.29) is 12.0 Å². The molecule has 2 atom stereocenters. The number of benzene rings is 8. The fourth-order valence-electron chi connectivity index (χ4n) is 9.48. The second kappa shape index (κ2) is 13.2. The summed E-state index contributed by atoms with van der Waals surface area (Å²) in [5, 5.41) is 6.42. The summed E-state index contributed by atoms with van der Waals surface area (Å²) in [5.41, 5.74) is 12.1. The van der Waals surface area contributed by atoms with Crippen molar-refractivity contribution < 1.29 is 8.83 Å². The fourth-order valence-corrected chi connectivity index (χ4v) is 9.48. The molecule has 3 aromatic heterocycles. The molecule has 2 aliphatic rings. The van der Waals surface area contributed by atoms with Crippen LogP contribution in [0.15, 0.2) is 203 Å². The second-order valence-corrected chi connectivity index (χ2v) is 16.0. The molecule has 11 aromatic rings. The third-order valence-corrected chi connectivity index (χ3v) is 12.4. The maximum absolute atomic E-state index is 6.57. The molecule has 6 heteroatoms. The second-order valence-electron chi connectivity index (χ2n) is 16.0. The molecule has 0 saturated heterocycles. The molecule has 4 heterocycles. The molecule has 1 aliphatic carbocycles. The molecular formula is C55H34N4O2. The molecule has 1 aliphatic heterocycles. The van der Waals surface area contributed by atoms with Crippen LogP contribution >= 0.6 is 0 Å². The molecule has 0 amide bonds. The monoisotopic (exact) mass is 782 g/mol. The highest BCUT2D eigenvalue weighted by Gasteiger charge is 2.38. The Balaban J connectivity index is 0.900. The SMILES string of the molecule is C1=CC2C(C=C1c1ccc3c(c1)oc1ccc(-c4nc(-c5ccc6ccccc6c5)nc(-c5ccc6oc7ccccc7c6c5)n4)cc13)c1ccccc1N2c1ccccc1. The van der Waals surface area contributed by atoms with E-state index in [0.717, 1.165) is 76.9 Å². The number of fused-ring (bicyclic) bond motifs is 10. The van der Waals surface area contributed by atoms with Crippen LogP contribution in [0.2, 0.25) is 0 Å². The highest BCUT2D eigenvalue weighted by atomic mass is 16.3. The van der Waals surface area contributed by atoms with Crippen LogP contribution in [0.5, 0.6) is 0 Å². The van der Waals surface area contributed by atoms with Crippen molar-refractivity contribution in [2.45, 2.75) is 12.0 Å². The number of anilines is 2. The minimum Gasteiger partial charge on any atom is -0.456 e. The first-order valence-electron chi connectivity index (χ1n) is 20.7. The number of allylic oxidation sites excluding steroid dienone is 2. The number of furan rings is 2. The molecule has 0 saturated carbocycles. The van der Waals surface area contributed by atoms with Crippen molar-refractivity contribution in [1.82, 2.24) is 15.0 Å². The number of rotatable bonds is 5. The molecule has 0 spiro atoms. The lowest BCUT2D eigenvalue weighted by molar-refractivity contribution is 0.668. The van der Waals surface area contributed by atoms with E-state index in [1.807, 2.05) is 42.5 Å². The summed E-state index contributed by atoms with van der Waals surface area (Å²) in [4.78, 5) is 17.8. The van der Waals surface area contributed by atoms with Gasteiger partial charge >= 0.3 is 0 Å². The molecule has 61 heavy (non-hydrogen) atoms. The maximum atomic E-state index is 6.57. The van der Waals surface area contributed by atoms with Crippen LogP contribution < -0.4 is 4.90 Å². The largest absolute Gasteiger partial charge is 0.456 e. The third-order valence-electron chi connectivity index (χ3n) is 12.4. The number of hydrogen-bond acceptors (Lipinski definition) is 6. The van der Waals surface area contributed by atoms with E-state index in [1.54, 1.807) is 0 Å². The first kappa shape index (κ1) is 33.8. The Morgan fingerprint density at radius 3 is 1.80 bits per heavy atom. The first-order chi connectivity index (χ1) is 30.2. The van der Waals surface area contributed by atoms with E-state index in [0.29, 0.717) is 17.5 Å². The Kier molecular flexibility index (Phi) is 7.33. The van der Waals surface area contributed by atoms with E-state index >= 15 is 0 Å². The maximum Gasteiger partial charge on any atom is 0.164 e. The Morgan fingerprint density at radius 2 is 1.02 bits per heavy atom. The zero-order chi connectivity index (χ0) is 40.0. The molecule has 13 rings (SSSR count). The minimum atomic E-state index is 0.211. The van der Waals surface area contributed by atoms with Gasteiger partial charge in [0.15, 0.2) is 17.5 Å². The summed E-state index contributed by atoms with van der Waals surface area (Å²) in [6, 6.07) is 61.5. The summed E-state index contributed by atoms with van der Waals surface area (Å²) in [7, 11) is 0. The zero-order valence-electron chi connectivity index (χ0n) is 32.7. The van der Waals surface area contributed by atoms with E-state index in [1.165, 1.54) is 22.5 Å². The van der Waals surface area contributed by atoms with Crippen LogP contribution in [0.4, 0.5) is 11.4 Å². The molecular weight excluding hydrogens is 749 g/mol. The molecule has 6 nitrogen and oxygen atoms in total. The normalized spacial score (nSPS) is 15.9. The minimum absolute atomic E-state index is 0.211. The van der Waals surface area contributed by atoms with Crippen molar-refractivity contribution in [1.29, 1.82) is 0 Å². The Labute approximate surface area is 350 Å². The van der Waals surface area contributed by atoms with E-state index in [2.05, 4.69) is 157 Å². The van der Waals surface area contributed by atoms with Crippen LogP contribution in [-0.2, 0) is 0 Å². The Bertz CT molecular complexity index is 3640. The average molecular weight is 783 g/mol. The van der Waals surface area contributed by atoms with Gasteiger partial charge in [0.25, 0.3) is 0 Å². The summed E-state index contributed by atoms with van der Waals surface area (Å²) in [5.74, 6) is 2.02. The number of nitrogens with zero attached hydrogens (tertiary/aromatic N) is 4. The van der Waals surface area contributed by atoms with Gasteiger partial charge in [-0.15, -0.1) is 0 Å². The van der Waals surface area contributed by atoms with Crippen molar-refractivity contribution in [3.63, 3.8) is 0 Å². The van der Waals surface area contributed by atoms with Gasteiger partial charge in [0.1, 0.15) is 22.3 Å². The summed E-state index contributed by atoms with van der Waals surface area (Å²) in [6.45, 7) is 0. The van der Waals surface area contributed by atoms with E-state index < -0.39 is 0 Å². The van der Waals surface area contributed by atoms with E-state index in [9.17, 15) is 0 Å². The van der Waals surface area contributed by atoms with Gasteiger partial charge < -0.3 is 13.7 Å². The van der Waals surface area contributed by atoms with Crippen LogP contribution in [0.3, 0.4) is 0 Å². The first-order valence-corrected chi connectivity index (χ1v) is 20.7. The predicted molar refractivity (Wildman–Crippen MR) is 247 cm³/mol. The lowest BCUT2D eigenvalue weighted by Crippen LogP contribution is -2.28. The molecule has 0 N–H and O–H groups in total. The van der Waals surface area contributed by atoms with Crippen LogP contribution in [0.1, 0.15) is 17.0 Å². The van der Waals surface area contributed by atoms with Crippen molar-refractivity contribution in [2.75, 3.05) is 4.90 Å². The number of hydrogen-bond donors (Lipinski definition) is 0. The Morgan fingerprint density at radius 1 is 0.426 bits per heavy atom. The number of aromatic nitrogens is 3. The van der Waals surface area contributed by atoms with Crippen molar-refractivity contribution in [3.05, 3.63) is 205 Å². The third kappa shape index (κ3) is 5.46. The summed E-state index contributed by atoms with van der Waals surface area (Å²) in [6.07, 6.45) is 7.04. The smallest absolute Gasteiger partial charge is 0.164 e. The summed E-state index contributed by atoms with van der Waals surface area (Å²) < 4.78 is 12.7. The molecule has 0 fully saturated rings. The lowest BCUT2D eigenvalue weighted by Gasteiger charge is -2.29. The van der Waals surface area contributed by atoms with Gasteiger partial charge in [-0.3, -0.25) is 0 Å². The van der Waals surface area contributed by atoms with Gasteiger partial charge in [0.2, 0.25) is 0 Å². The van der Waals surface area contributed by atoms with Crippen molar-refractivity contribution in [2.24, 2.45) is 0 Å². The van der Waals surface area contributed by atoms with Crippen LogP contribution in [0.25, 0.3) is 94.4 Å². The average Bonchev–Trinajstić information content (AvgIpc) is 4.00. The lowest BCUT2D eigenvalue weighted by atomic mass is 9.86. The van der Waals surface area contributed by atoms with Gasteiger partial charge in [-0.2, -0.15) is 0 Å².